The fourth-order valence-electron chi connectivity index (χ4n) is 4.88. The summed E-state index contributed by atoms with van der Waals surface area (Å²) in [6.07, 6.45) is 4.64. The van der Waals surface area contributed by atoms with Crippen LogP contribution >= 0.6 is 0 Å². The molecule has 35 heavy (non-hydrogen) atoms. The number of pyridine rings is 1. The van der Waals surface area contributed by atoms with Crippen LogP contribution in [-0.4, -0.2) is 26.0 Å². The average Bonchev–Trinajstić information content (AvgIpc) is 3.33. The number of aromatic nitrogens is 4. The van der Waals surface area contributed by atoms with Crippen LogP contribution in [0.3, 0.4) is 0 Å². The molecule has 2 aliphatic heterocycles. The molecule has 0 aliphatic carbocycles. The van der Waals surface area contributed by atoms with E-state index < -0.39 is 11.6 Å². The lowest BCUT2D eigenvalue weighted by atomic mass is 9.89. The molecule has 1 fully saturated rings. The Morgan fingerprint density at radius 2 is 2.00 bits per heavy atom. The molecule has 1 saturated heterocycles. The third kappa shape index (κ3) is 3.90. The van der Waals surface area contributed by atoms with E-state index in [2.05, 4.69) is 9.97 Å². The van der Waals surface area contributed by atoms with Crippen molar-refractivity contribution < 1.29 is 18.3 Å². The molecule has 0 N–H and O–H groups in total. The van der Waals surface area contributed by atoms with Gasteiger partial charge in [0.25, 0.3) is 5.56 Å². The van der Waals surface area contributed by atoms with Crippen molar-refractivity contribution in [1.29, 1.82) is 0 Å². The summed E-state index contributed by atoms with van der Waals surface area (Å²) >= 11 is 0. The SMILES string of the molecule is Cc1cc(C2C[C@@H](c3cn4c(=O)c5c(nc4c(-c4ccc(F)cc4F)n3)COC5)CCO2)ccn1. The lowest BCUT2D eigenvalue weighted by Crippen LogP contribution is -2.24. The maximum Gasteiger partial charge on any atom is 0.263 e. The molecule has 0 amide bonds. The van der Waals surface area contributed by atoms with Crippen molar-refractivity contribution in [3.05, 3.63) is 92.9 Å². The van der Waals surface area contributed by atoms with E-state index in [0.29, 0.717) is 36.4 Å². The smallest absolute Gasteiger partial charge is 0.263 e. The maximum atomic E-state index is 14.9. The zero-order valence-corrected chi connectivity index (χ0v) is 19.0. The maximum absolute atomic E-state index is 14.9. The zero-order chi connectivity index (χ0) is 24.1. The summed E-state index contributed by atoms with van der Waals surface area (Å²) in [6, 6.07) is 7.25. The Balaban J connectivity index is 1.51. The first-order valence-corrected chi connectivity index (χ1v) is 11.5. The van der Waals surface area contributed by atoms with E-state index in [9.17, 15) is 13.6 Å². The largest absolute Gasteiger partial charge is 0.373 e. The second-order valence-electron chi connectivity index (χ2n) is 8.98. The topological polar surface area (TPSA) is 78.6 Å². The van der Waals surface area contributed by atoms with Gasteiger partial charge in [-0.25, -0.2) is 18.7 Å². The summed E-state index contributed by atoms with van der Waals surface area (Å²) in [5.74, 6) is -1.49. The predicted molar refractivity (Wildman–Crippen MR) is 123 cm³/mol. The molecule has 0 saturated carbocycles. The molecule has 5 heterocycles. The molecule has 2 aliphatic rings. The first kappa shape index (κ1) is 21.9. The van der Waals surface area contributed by atoms with Crippen molar-refractivity contribution in [2.75, 3.05) is 6.61 Å². The summed E-state index contributed by atoms with van der Waals surface area (Å²) in [5, 5.41) is 0. The highest BCUT2D eigenvalue weighted by Gasteiger charge is 2.29. The van der Waals surface area contributed by atoms with Crippen LogP contribution in [0, 0.1) is 18.6 Å². The van der Waals surface area contributed by atoms with E-state index in [-0.39, 0.29) is 47.7 Å². The van der Waals surface area contributed by atoms with Gasteiger partial charge in [0.15, 0.2) is 5.65 Å². The van der Waals surface area contributed by atoms with Crippen molar-refractivity contribution in [2.45, 2.75) is 45.0 Å². The summed E-state index contributed by atoms with van der Waals surface area (Å²) in [7, 11) is 0. The Hall–Kier alpha value is -3.56. The quantitative estimate of drug-likeness (QED) is 0.436. The highest BCUT2D eigenvalue weighted by atomic mass is 19.1. The van der Waals surface area contributed by atoms with Gasteiger partial charge in [-0.15, -0.1) is 0 Å². The molecule has 1 aromatic carbocycles. The number of hydrogen-bond acceptors (Lipinski definition) is 6. The number of ether oxygens (including phenoxy) is 2. The second kappa shape index (κ2) is 8.58. The van der Waals surface area contributed by atoms with Gasteiger partial charge in [0.2, 0.25) is 0 Å². The van der Waals surface area contributed by atoms with Gasteiger partial charge in [0, 0.05) is 42.2 Å². The van der Waals surface area contributed by atoms with Crippen LogP contribution in [0.5, 0.6) is 0 Å². The number of aryl methyl sites for hydroxylation is 1. The van der Waals surface area contributed by atoms with E-state index in [4.69, 9.17) is 14.5 Å². The molecule has 7 nitrogen and oxygen atoms in total. The molecule has 2 atom stereocenters. The van der Waals surface area contributed by atoms with E-state index >= 15 is 0 Å². The van der Waals surface area contributed by atoms with Crippen molar-refractivity contribution >= 4 is 5.65 Å². The zero-order valence-electron chi connectivity index (χ0n) is 19.0. The van der Waals surface area contributed by atoms with Gasteiger partial charge in [-0.2, -0.15) is 0 Å². The molecule has 3 aromatic heterocycles. The number of rotatable bonds is 3. The van der Waals surface area contributed by atoms with Gasteiger partial charge in [-0.1, -0.05) is 0 Å². The molecule has 0 bridgehead atoms. The highest BCUT2D eigenvalue weighted by molar-refractivity contribution is 5.74. The summed E-state index contributed by atoms with van der Waals surface area (Å²) in [4.78, 5) is 27.0. The first-order valence-electron chi connectivity index (χ1n) is 11.5. The van der Waals surface area contributed by atoms with Crippen LogP contribution in [0.4, 0.5) is 8.78 Å². The van der Waals surface area contributed by atoms with Gasteiger partial charge < -0.3 is 9.47 Å². The number of benzene rings is 1. The van der Waals surface area contributed by atoms with Crippen molar-refractivity contribution in [3.8, 4) is 11.3 Å². The highest BCUT2D eigenvalue weighted by Crippen LogP contribution is 2.38. The van der Waals surface area contributed by atoms with Gasteiger partial charge in [-0.05, 0) is 49.6 Å². The Bertz CT molecular complexity index is 1520. The molecule has 0 spiro atoms. The van der Waals surface area contributed by atoms with Gasteiger partial charge in [-0.3, -0.25) is 14.2 Å². The predicted octanol–water partition coefficient (Wildman–Crippen LogP) is 4.40. The second-order valence-corrected chi connectivity index (χ2v) is 8.98. The molecular formula is C26H22F2N4O3. The average molecular weight is 476 g/mol. The van der Waals surface area contributed by atoms with Crippen LogP contribution < -0.4 is 5.56 Å². The Kier molecular flexibility index (Phi) is 5.38. The normalized spacial score (nSPS) is 19.7. The van der Waals surface area contributed by atoms with Crippen LogP contribution in [0.15, 0.2) is 47.5 Å². The third-order valence-electron chi connectivity index (χ3n) is 6.67. The van der Waals surface area contributed by atoms with Gasteiger partial charge in [0.05, 0.1) is 36.3 Å². The summed E-state index contributed by atoms with van der Waals surface area (Å²) in [5.41, 5.74) is 3.83. The van der Waals surface area contributed by atoms with E-state index in [1.54, 1.807) is 12.4 Å². The molecule has 178 valence electrons. The fraction of sp³-hybridized carbons (Fsp3) is 0.308. The molecule has 6 rings (SSSR count). The molecule has 1 unspecified atom stereocenters. The lowest BCUT2D eigenvalue weighted by molar-refractivity contribution is 0.00451. The van der Waals surface area contributed by atoms with Crippen LogP contribution in [0.2, 0.25) is 0 Å². The standard InChI is InChI=1S/C26H22F2N4O3/c1-14-8-16(4-6-29-14)23-9-15(5-7-35-23)21-11-32-25(31-22-13-34-12-19(22)26(32)33)24(30-21)18-3-2-17(27)10-20(18)28/h2-4,6,8,10-11,15,23H,5,7,9,12-13H2,1H3/t15-,23?/m0/s1. The molecule has 4 aromatic rings. The number of hydrogen-bond donors (Lipinski definition) is 0. The van der Waals surface area contributed by atoms with E-state index in [1.807, 2.05) is 19.1 Å². The molecule has 0 radical (unpaired) electrons. The number of fused-ring (bicyclic) bond motifs is 2. The van der Waals surface area contributed by atoms with Gasteiger partial charge >= 0.3 is 0 Å². The van der Waals surface area contributed by atoms with Crippen LogP contribution in [0.25, 0.3) is 16.9 Å². The molecule has 9 heteroatoms. The summed E-state index contributed by atoms with van der Waals surface area (Å²) in [6.45, 7) is 2.84. The summed E-state index contributed by atoms with van der Waals surface area (Å²) < 4.78 is 41.4. The van der Waals surface area contributed by atoms with E-state index in [1.165, 1.54) is 16.5 Å². The monoisotopic (exact) mass is 476 g/mol. The first-order chi connectivity index (χ1) is 17.0. The number of halogens is 2. The Morgan fingerprint density at radius 1 is 1.11 bits per heavy atom. The van der Waals surface area contributed by atoms with Gasteiger partial charge in [0.1, 0.15) is 17.3 Å². The minimum atomic E-state index is -0.764. The lowest BCUT2D eigenvalue weighted by Gasteiger charge is -2.30. The molecular weight excluding hydrogens is 454 g/mol. The van der Waals surface area contributed by atoms with E-state index in [0.717, 1.165) is 17.3 Å². The minimum absolute atomic E-state index is 0.0368. The van der Waals surface area contributed by atoms with Crippen molar-refractivity contribution in [2.24, 2.45) is 0 Å². The van der Waals surface area contributed by atoms with Crippen molar-refractivity contribution in [1.82, 2.24) is 19.4 Å². The number of nitrogens with zero attached hydrogens (tertiary/aromatic N) is 4. The Morgan fingerprint density at radius 3 is 2.83 bits per heavy atom. The fourth-order valence-corrected chi connectivity index (χ4v) is 4.88. The Labute approximate surface area is 199 Å². The van der Waals surface area contributed by atoms with Crippen molar-refractivity contribution in [3.63, 3.8) is 0 Å². The van der Waals surface area contributed by atoms with Crippen LogP contribution in [0.1, 0.15) is 53.1 Å². The van der Waals surface area contributed by atoms with Crippen LogP contribution in [-0.2, 0) is 22.7 Å². The third-order valence-corrected chi connectivity index (χ3v) is 6.67. The minimum Gasteiger partial charge on any atom is -0.373 e.